The molecule has 0 spiro atoms. The summed E-state index contributed by atoms with van der Waals surface area (Å²) >= 11 is 0. The molecule has 20 heavy (non-hydrogen) atoms. The second-order valence-electron chi connectivity index (χ2n) is 5.93. The lowest BCUT2D eigenvalue weighted by molar-refractivity contribution is -0.116. The number of pyridine rings is 1. The maximum Gasteiger partial charge on any atom is 0.213 e. The summed E-state index contributed by atoms with van der Waals surface area (Å²) in [4.78, 5) is 15.3. The smallest absolute Gasteiger partial charge is 0.213 e. The van der Waals surface area contributed by atoms with Gasteiger partial charge in [-0.05, 0) is 37.8 Å². The molecule has 0 aromatic carbocycles. The van der Waals surface area contributed by atoms with Crippen LogP contribution in [0.15, 0.2) is 18.3 Å². The summed E-state index contributed by atoms with van der Waals surface area (Å²) in [5, 5.41) is 3.50. The van der Waals surface area contributed by atoms with E-state index in [0.29, 0.717) is 24.4 Å². The Hall–Kier alpha value is -1.42. The number of hydrogen-bond acceptors (Lipinski definition) is 4. The van der Waals surface area contributed by atoms with Crippen molar-refractivity contribution < 1.29 is 9.53 Å². The standard InChI is InChI=1S/C16H24N2O2/c1-11(2)18-14-9-15(10-14)20-16-8-13(6-7-17-16)5-4-12(3)19/h6-8,11,14-15,18H,4-5,9-10H2,1-3H3. The first-order chi connectivity index (χ1) is 9.52. The van der Waals surface area contributed by atoms with E-state index in [-0.39, 0.29) is 11.9 Å². The summed E-state index contributed by atoms with van der Waals surface area (Å²) in [5.74, 6) is 0.893. The quantitative estimate of drug-likeness (QED) is 0.831. The zero-order valence-electron chi connectivity index (χ0n) is 12.6. The third kappa shape index (κ3) is 4.60. The third-order valence-electron chi connectivity index (χ3n) is 3.52. The van der Waals surface area contributed by atoms with Crippen molar-refractivity contribution in [3.05, 3.63) is 23.9 Å². The Morgan fingerprint density at radius 3 is 2.90 bits per heavy atom. The molecular formula is C16H24N2O2. The van der Waals surface area contributed by atoms with Gasteiger partial charge in [-0.3, -0.25) is 0 Å². The summed E-state index contributed by atoms with van der Waals surface area (Å²) in [7, 11) is 0. The topological polar surface area (TPSA) is 51.2 Å². The molecule has 1 heterocycles. The number of nitrogens with one attached hydrogen (secondary N) is 1. The van der Waals surface area contributed by atoms with Gasteiger partial charge in [-0.2, -0.15) is 0 Å². The molecule has 1 N–H and O–H groups in total. The van der Waals surface area contributed by atoms with Crippen LogP contribution >= 0.6 is 0 Å². The van der Waals surface area contributed by atoms with E-state index >= 15 is 0 Å². The van der Waals surface area contributed by atoms with E-state index in [4.69, 9.17) is 4.74 Å². The molecule has 0 unspecified atom stereocenters. The van der Waals surface area contributed by atoms with Crippen LogP contribution < -0.4 is 10.1 Å². The van der Waals surface area contributed by atoms with Gasteiger partial charge in [0.25, 0.3) is 0 Å². The third-order valence-corrected chi connectivity index (χ3v) is 3.52. The fourth-order valence-electron chi connectivity index (χ4n) is 2.43. The largest absolute Gasteiger partial charge is 0.474 e. The minimum atomic E-state index is 0.214. The van der Waals surface area contributed by atoms with Gasteiger partial charge in [0.15, 0.2) is 0 Å². The molecule has 0 radical (unpaired) electrons. The monoisotopic (exact) mass is 276 g/mol. The normalized spacial score (nSPS) is 21.6. The minimum Gasteiger partial charge on any atom is -0.474 e. The summed E-state index contributed by atoms with van der Waals surface area (Å²) in [6.45, 7) is 5.94. The molecule has 0 saturated heterocycles. The molecule has 0 aliphatic heterocycles. The second kappa shape index (κ2) is 6.84. The molecule has 0 atom stereocenters. The summed E-state index contributed by atoms with van der Waals surface area (Å²) < 4.78 is 5.87. The van der Waals surface area contributed by atoms with Gasteiger partial charge in [-0.15, -0.1) is 0 Å². The molecule has 1 aromatic rings. The molecule has 4 nitrogen and oxygen atoms in total. The summed E-state index contributed by atoms with van der Waals surface area (Å²) in [6, 6.07) is 4.99. The van der Waals surface area contributed by atoms with Gasteiger partial charge in [-0.25, -0.2) is 4.98 Å². The Bertz CT molecular complexity index is 454. The highest BCUT2D eigenvalue weighted by atomic mass is 16.5. The molecule has 1 aliphatic rings. The van der Waals surface area contributed by atoms with E-state index in [9.17, 15) is 4.79 Å². The molecule has 110 valence electrons. The van der Waals surface area contributed by atoms with Crippen LogP contribution in [0.2, 0.25) is 0 Å². The van der Waals surface area contributed by atoms with Gasteiger partial charge >= 0.3 is 0 Å². The Morgan fingerprint density at radius 1 is 1.50 bits per heavy atom. The molecule has 1 saturated carbocycles. The van der Waals surface area contributed by atoms with E-state index in [2.05, 4.69) is 24.1 Å². The predicted octanol–water partition coefficient (Wildman–Crippen LogP) is 2.51. The van der Waals surface area contributed by atoms with Crippen molar-refractivity contribution in [3.8, 4) is 5.88 Å². The first-order valence-corrected chi connectivity index (χ1v) is 7.40. The van der Waals surface area contributed by atoms with Gasteiger partial charge < -0.3 is 14.8 Å². The summed E-state index contributed by atoms with van der Waals surface area (Å²) in [6.07, 6.45) is 5.44. The predicted molar refractivity (Wildman–Crippen MR) is 78.9 cm³/mol. The molecular weight excluding hydrogens is 252 g/mol. The highest BCUT2D eigenvalue weighted by molar-refractivity contribution is 5.75. The zero-order valence-corrected chi connectivity index (χ0v) is 12.6. The Morgan fingerprint density at radius 2 is 2.25 bits per heavy atom. The highest BCUT2D eigenvalue weighted by Gasteiger charge is 2.31. The van der Waals surface area contributed by atoms with E-state index < -0.39 is 0 Å². The Labute approximate surface area is 120 Å². The second-order valence-corrected chi connectivity index (χ2v) is 5.93. The van der Waals surface area contributed by atoms with E-state index in [1.807, 2.05) is 12.1 Å². The SMILES string of the molecule is CC(=O)CCc1ccnc(OC2CC(NC(C)C)C2)c1. The molecule has 0 amide bonds. The van der Waals surface area contributed by atoms with Crippen LogP contribution in [-0.4, -0.2) is 29.0 Å². The van der Waals surface area contributed by atoms with Gasteiger partial charge in [0.1, 0.15) is 11.9 Å². The van der Waals surface area contributed by atoms with Crippen molar-refractivity contribution in [2.24, 2.45) is 0 Å². The number of carbonyl (C=O) groups excluding carboxylic acids is 1. The molecule has 1 fully saturated rings. The number of rotatable bonds is 7. The van der Waals surface area contributed by atoms with Gasteiger partial charge in [0, 0.05) is 30.8 Å². The maximum atomic E-state index is 11.0. The van der Waals surface area contributed by atoms with Crippen LogP contribution in [-0.2, 0) is 11.2 Å². The van der Waals surface area contributed by atoms with Crippen molar-refractivity contribution in [3.63, 3.8) is 0 Å². The molecule has 4 heteroatoms. The van der Waals surface area contributed by atoms with Crippen molar-refractivity contribution in [2.45, 2.75) is 64.6 Å². The number of aryl methyl sites for hydroxylation is 1. The fourth-order valence-corrected chi connectivity index (χ4v) is 2.43. The van der Waals surface area contributed by atoms with Crippen molar-refractivity contribution >= 4 is 5.78 Å². The van der Waals surface area contributed by atoms with Crippen molar-refractivity contribution in [2.75, 3.05) is 0 Å². The number of ketones is 1. The van der Waals surface area contributed by atoms with Crippen molar-refractivity contribution in [1.29, 1.82) is 0 Å². The minimum absolute atomic E-state index is 0.214. The number of ether oxygens (including phenoxy) is 1. The fraction of sp³-hybridized carbons (Fsp3) is 0.625. The molecule has 2 rings (SSSR count). The lowest BCUT2D eigenvalue weighted by Gasteiger charge is -2.36. The first kappa shape index (κ1) is 15.0. The summed E-state index contributed by atoms with van der Waals surface area (Å²) in [5.41, 5.74) is 1.11. The van der Waals surface area contributed by atoms with Crippen LogP contribution in [0.25, 0.3) is 0 Å². The van der Waals surface area contributed by atoms with E-state index in [1.54, 1.807) is 13.1 Å². The molecule has 1 aromatic heterocycles. The number of aromatic nitrogens is 1. The van der Waals surface area contributed by atoms with Crippen LogP contribution in [0, 0.1) is 0 Å². The van der Waals surface area contributed by atoms with E-state index in [0.717, 1.165) is 24.8 Å². The van der Waals surface area contributed by atoms with Crippen LogP contribution in [0.4, 0.5) is 0 Å². The number of Topliss-reactive ketones (excluding diaryl/α,β-unsaturated/α-hetero) is 1. The first-order valence-electron chi connectivity index (χ1n) is 7.40. The molecule has 1 aliphatic carbocycles. The zero-order chi connectivity index (χ0) is 14.5. The van der Waals surface area contributed by atoms with Gasteiger partial charge in [0.2, 0.25) is 5.88 Å². The van der Waals surface area contributed by atoms with Gasteiger partial charge in [0.05, 0.1) is 0 Å². The van der Waals surface area contributed by atoms with E-state index in [1.165, 1.54) is 0 Å². The maximum absolute atomic E-state index is 11.0. The average Bonchev–Trinajstić information content (AvgIpc) is 2.34. The lowest BCUT2D eigenvalue weighted by Crippen LogP contribution is -2.49. The number of hydrogen-bond donors (Lipinski definition) is 1. The number of nitrogens with zero attached hydrogens (tertiary/aromatic N) is 1. The van der Waals surface area contributed by atoms with Crippen LogP contribution in [0.1, 0.15) is 45.6 Å². The Kier molecular flexibility index (Phi) is 5.12. The van der Waals surface area contributed by atoms with Crippen LogP contribution in [0.3, 0.4) is 0 Å². The van der Waals surface area contributed by atoms with Crippen molar-refractivity contribution in [1.82, 2.24) is 10.3 Å². The van der Waals surface area contributed by atoms with Crippen LogP contribution in [0.5, 0.6) is 5.88 Å². The Balaban J connectivity index is 1.79. The highest BCUT2D eigenvalue weighted by Crippen LogP contribution is 2.25. The lowest BCUT2D eigenvalue weighted by atomic mass is 9.89. The molecule has 0 bridgehead atoms. The average molecular weight is 276 g/mol. The number of carbonyl (C=O) groups is 1. The van der Waals surface area contributed by atoms with Gasteiger partial charge in [-0.1, -0.05) is 13.8 Å².